The summed E-state index contributed by atoms with van der Waals surface area (Å²) in [5.41, 5.74) is -1.91. The van der Waals surface area contributed by atoms with Crippen LogP contribution in [0.1, 0.15) is 52.7 Å². The largest absolute Gasteiger partial charge is 0.484 e. The van der Waals surface area contributed by atoms with Crippen LogP contribution in [-0.2, 0) is 35.0 Å². The molecule has 0 bridgehead atoms. The maximum Gasteiger partial charge on any atom is 0.416 e. The zero-order valence-electron chi connectivity index (χ0n) is 21.3. The van der Waals surface area contributed by atoms with E-state index < -0.39 is 29.4 Å². The van der Waals surface area contributed by atoms with E-state index in [4.69, 9.17) is 9.26 Å². The number of piperidine rings is 1. The van der Waals surface area contributed by atoms with Gasteiger partial charge in [-0.25, -0.2) is 4.79 Å². The van der Waals surface area contributed by atoms with Crippen LogP contribution in [0.3, 0.4) is 0 Å². The second kappa shape index (κ2) is 12.1. The minimum absolute atomic E-state index is 0.0281. The van der Waals surface area contributed by atoms with E-state index in [1.165, 1.54) is 13.2 Å². The first-order valence-electron chi connectivity index (χ1n) is 12.2. The van der Waals surface area contributed by atoms with E-state index in [1.807, 2.05) is 0 Å². The number of rotatable bonds is 8. The molecule has 1 aromatic heterocycles. The Morgan fingerprint density at radius 3 is 2.23 bits per heavy atom. The predicted molar refractivity (Wildman–Crippen MR) is 130 cm³/mol. The third kappa shape index (κ3) is 7.84. The highest BCUT2D eigenvalue weighted by atomic mass is 19.4. The Kier molecular flexibility index (Phi) is 8.82. The topological polar surface area (TPSA) is 77.7 Å². The van der Waals surface area contributed by atoms with Crippen molar-refractivity contribution in [2.24, 2.45) is 0 Å². The molecule has 0 spiro atoms. The summed E-state index contributed by atoms with van der Waals surface area (Å²) < 4.78 is 94.4. The Morgan fingerprint density at radius 1 is 1.02 bits per heavy atom. The Hall–Kier alpha value is -3.87. The van der Waals surface area contributed by atoms with Gasteiger partial charge in [0, 0.05) is 18.5 Å². The molecule has 40 heavy (non-hydrogen) atoms. The van der Waals surface area contributed by atoms with E-state index >= 15 is 0 Å². The highest BCUT2D eigenvalue weighted by Gasteiger charge is 2.37. The number of ether oxygens (including phenoxy) is 2. The van der Waals surface area contributed by atoms with Crippen molar-refractivity contribution in [1.82, 2.24) is 15.0 Å². The number of methoxy groups -OCH3 is 1. The zero-order valence-corrected chi connectivity index (χ0v) is 21.3. The zero-order chi connectivity index (χ0) is 28.9. The molecule has 2 heterocycles. The van der Waals surface area contributed by atoms with Gasteiger partial charge >= 0.3 is 18.3 Å². The molecule has 3 aromatic rings. The number of carbonyl (C=O) groups is 1. The van der Waals surface area contributed by atoms with Gasteiger partial charge in [0.1, 0.15) is 5.75 Å². The molecule has 0 atom stereocenters. The van der Waals surface area contributed by atoms with Gasteiger partial charge in [0.15, 0.2) is 12.4 Å². The highest BCUT2D eigenvalue weighted by molar-refractivity contribution is 5.86. The summed E-state index contributed by atoms with van der Waals surface area (Å²) in [4.78, 5) is 17.4. The molecule has 1 saturated heterocycles. The molecule has 0 saturated carbocycles. The van der Waals surface area contributed by atoms with Crippen molar-refractivity contribution in [3.05, 3.63) is 82.5 Å². The van der Waals surface area contributed by atoms with Gasteiger partial charge < -0.3 is 14.0 Å². The third-order valence-corrected chi connectivity index (χ3v) is 6.35. The summed E-state index contributed by atoms with van der Waals surface area (Å²) in [5, 5.41) is 4.01. The lowest BCUT2D eigenvalue weighted by Gasteiger charge is -2.30. The fourth-order valence-corrected chi connectivity index (χ4v) is 4.26. The van der Waals surface area contributed by atoms with Gasteiger partial charge in [-0.05, 0) is 73.5 Å². The monoisotopic (exact) mass is 569 g/mol. The van der Waals surface area contributed by atoms with Crippen molar-refractivity contribution in [3.63, 3.8) is 0 Å². The Bertz CT molecular complexity index is 1300. The number of alkyl halides is 6. The molecular formula is C27H25F6N3O4. The number of likely N-dealkylation sites (tertiary alicyclic amines) is 1. The number of esters is 1. The van der Waals surface area contributed by atoms with Crippen molar-refractivity contribution < 1.29 is 45.1 Å². The van der Waals surface area contributed by atoms with E-state index in [-0.39, 0.29) is 36.6 Å². The van der Waals surface area contributed by atoms with Crippen LogP contribution in [0.15, 0.2) is 53.1 Å². The number of benzene rings is 2. The fourth-order valence-electron chi connectivity index (χ4n) is 4.26. The van der Waals surface area contributed by atoms with Crippen LogP contribution < -0.4 is 4.74 Å². The van der Waals surface area contributed by atoms with Crippen molar-refractivity contribution >= 4 is 12.0 Å². The lowest BCUT2D eigenvalue weighted by Crippen LogP contribution is -2.33. The van der Waals surface area contributed by atoms with Gasteiger partial charge in [-0.1, -0.05) is 17.3 Å². The van der Waals surface area contributed by atoms with Crippen LogP contribution in [0.5, 0.6) is 5.75 Å². The standard InChI is InChI=1S/C27H25F6N3O4/c1-38-24(37)7-4-17-2-5-22(6-3-17)39-16-23-34-25(35-40-23)19-8-10-36(11-9-19)15-18-12-20(26(28,29)30)14-21(13-18)27(31,32)33/h2-7,12-14,19H,8-11,15-16H2,1H3. The van der Waals surface area contributed by atoms with Crippen molar-refractivity contribution in [3.8, 4) is 5.75 Å². The van der Waals surface area contributed by atoms with Crippen LogP contribution >= 0.6 is 0 Å². The molecule has 214 valence electrons. The average Bonchev–Trinajstić information content (AvgIpc) is 3.39. The Balaban J connectivity index is 1.30. The van der Waals surface area contributed by atoms with Crippen LogP contribution in [0, 0.1) is 0 Å². The summed E-state index contributed by atoms with van der Waals surface area (Å²) in [6, 6.07) is 8.60. The van der Waals surface area contributed by atoms with Crippen LogP contribution in [0.2, 0.25) is 0 Å². The number of aromatic nitrogens is 2. The average molecular weight is 570 g/mol. The van der Waals surface area contributed by atoms with E-state index in [9.17, 15) is 31.1 Å². The second-order valence-corrected chi connectivity index (χ2v) is 9.23. The molecule has 13 heteroatoms. The first-order valence-corrected chi connectivity index (χ1v) is 12.2. The summed E-state index contributed by atoms with van der Waals surface area (Å²) in [7, 11) is 1.29. The smallest absolute Gasteiger partial charge is 0.416 e. The Morgan fingerprint density at radius 2 is 1.65 bits per heavy atom. The first-order chi connectivity index (χ1) is 18.9. The first kappa shape index (κ1) is 29.1. The van der Waals surface area contributed by atoms with Crippen molar-refractivity contribution in [2.75, 3.05) is 20.2 Å². The molecule has 1 aliphatic heterocycles. The normalized spacial score (nSPS) is 15.5. The summed E-state index contributed by atoms with van der Waals surface area (Å²) >= 11 is 0. The minimum atomic E-state index is -4.88. The summed E-state index contributed by atoms with van der Waals surface area (Å²) in [5.74, 6) is 0.748. The van der Waals surface area contributed by atoms with Crippen LogP contribution in [-0.4, -0.2) is 41.2 Å². The lowest BCUT2D eigenvalue weighted by atomic mass is 9.95. The number of hydrogen-bond donors (Lipinski definition) is 0. The van der Waals surface area contributed by atoms with Crippen molar-refractivity contribution in [2.45, 2.75) is 44.3 Å². The number of carbonyl (C=O) groups excluding carboxylic acids is 1. The Labute approximate surface area is 225 Å². The van der Waals surface area contributed by atoms with Gasteiger partial charge in [0.2, 0.25) is 0 Å². The SMILES string of the molecule is COC(=O)C=Cc1ccc(OCc2nc(C3CCN(Cc4cc(C(F)(F)F)cc(C(F)(F)F)c4)CC3)no2)cc1. The maximum atomic E-state index is 13.2. The molecular weight excluding hydrogens is 544 g/mol. The van der Waals surface area contributed by atoms with E-state index in [0.717, 1.165) is 17.7 Å². The van der Waals surface area contributed by atoms with Gasteiger partial charge in [-0.3, -0.25) is 4.90 Å². The fraction of sp³-hybridized carbons (Fsp3) is 0.370. The molecule has 0 radical (unpaired) electrons. The van der Waals surface area contributed by atoms with Gasteiger partial charge in [-0.2, -0.15) is 31.3 Å². The maximum absolute atomic E-state index is 13.2. The molecule has 1 aliphatic rings. The third-order valence-electron chi connectivity index (χ3n) is 6.35. The molecule has 1 fully saturated rings. The van der Waals surface area contributed by atoms with E-state index in [1.54, 1.807) is 35.2 Å². The quantitative estimate of drug-likeness (QED) is 0.180. The summed E-state index contributed by atoms with van der Waals surface area (Å²) in [6.07, 6.45) is -5.73. The minimum Gasteiger partial charge on any atom is -0.484 e. The molecule has 4 rings (SSSR count). The molecule has 0 unspecified atom stereocenters. The second-order valence-electron chi connectivity index (χ2n) is 9.23. The highest BCUT2D eigenvalue weighted by Crippen LogP contribution is 2.37. The summed E-state index contributed by atoms with van der Waals surface area (Å²) in [6.45, 7) is 0.876. The molecule has 0 N–H and O–H groups in total. The molecule has 0 amide bonds. The predicted octanol–water partition coefficient (Wildman–Crippen LogP) is 6.25. The van der Waals surface area contributed by atoms with Crippen LogP contribution in [0.25, 0.3) is 6.08 Å². The van der Waals surface area contributed by atoms with E-state index in [2.05, 4.69) is 14.9 Å². The molecule has 7 nitrogen and oxygen atoms in total. The molecule has 0 aliphatic carbocycles. The van der Waals surface area contributed by atoms with Crippen LogP contribution in [0.4, 0.5) is 26.3 Å². The van der Waals surface area contributed by atoms with Gasteiger partial charge in [0.25, 0.3) is 5.89 Å². The molecule has 2 aromatic carbocycles. The van der Waals surface area contributed by atoms with Crippen molar-refractivity contribution in [1.29, 1.82) is 0 Å². The number of hydrogen-bond acceptors (Lipinski definition) is 7. The van der Waals surface area contributed by atoms with E-state index in [0.29, 0.717) is 37.5 Å². The lowest BCUT2D eigenvalue weighted by molar-refractivity contribution is -0.143. The number of halogens is 6. The van der Waals surface area contributed by atoms with Gasteiger partial charge in [-0.15, -0.1) is 0 Å². The van der Waals surface area contributed by atoms with Gasteiger partial charge in [0.05, 0.1) is 18.2 Å². The number of nitrogens with zero attached hydrogens (tertiary/aromatic N) is 3.